The number of imidazole rings is 1. The summed E-state index contributed by atoms with van der Waals surface area (Å²) >= 11 is 0. The predicted octanol–water partition coefficient (Wildman–Crippen LogP) is 0.411. The number of H-pyrrole nitrogens is 1. The lowest BCUT2D eigenvalue weighted by atomic mass is 10.1. The lowest BCUT2D eigenvalue weighted by molar-refractivity contribution is 0.213. The van der Waals surface area contributed by atoms with E-state index in [0.29, 0.717) is 12.2 Å². The number of sulfonamides is 1. The Morgan fingerprint density at radius 1 is 1.56 bits per heavy atom. The van der Waals surface area contributed by atoms with Crippen LogP contribution in [-0.4, -0.2) is 36.1 Å². The maximum atomic E-state index is 12.1. The van der Waals surface area contributed by atoms with Gasteiger partial charge in [0.05, 0.1) is 6.20 Å². The van der Waals surface area contributed by atoms with E-state index < -0.39 is 10.0 Å². The molecule has 18 heavy (non-hydrogen) atoms. The van der Waals surface area contributed by atoms with Crippen molar-refractivity contribution < 1.29 is 13.5 Å². The van der Waals surface area contributed by atoms with E-state index in [9.17, 15) is 13.5 Å². The Bertz CT molecular complexity index is 497. The molecule has 0 amide bonds. The minimum Gasteiger partial charge on any atom is -0.396 e. The molecule has 0 radical (unpaired) electrons. The van der Waals surface area contributed by atoms with Crippen LogP contribution in [0.1, 0.15) is 32.0 Å². The van der Waals surface area contributed by atoms with Crippen molar-refractivity contribution in [3.8, 4) is 0 Å². The van der Waals surface area contributed by atoms with Gasteiger partial charge in [0, 0.05) is 19.1 Å². The van der Waals surface area contributed by atoms with E-state index in [1.54, 1.807) is 0 Å². The molecule has 1 aromatic heterocycles. The Labute approximate surface area is 107 Å². The number of aryl methyl sites for hydroxylation is 1. The summed E-state index contributed by atoms with van der Waals surface area (Å²) in [4.78, 5) is 6.78. The highest BCUT2D eigenvalue weighted by Gasteiger charge is 2.31. The van der Waals surface area contributed by atoms with Gasteiger partial charge in [-0.25, -0.2) is 18.1 Å². The molecule has 0 bridgehead atoms. The fraction of sp³-hybridized carbons (Fsp3) is 0.727. The monoisotopic (exact) mass is 273 g/mol. The molecule has 2 rings (SSSR count). The molecule has 1 aromatic rings. The smallest absolute Gasteiger partial charge is 0.257 e. The number of nitrogens with zero attached hydrogens (tertiary/aromatic N) is 1. The summed E-state index contributed by atoms with van der Waals surface area (Å²) in [6.45, 7) is 1.93. The van der Waals surface area contributed by atoms with Crippen LogP contribution in [0.5, 0.6) is 0 Å². The summed E-state index contributed by atoms with van der Waals surface area (Å²) in [5.74, 6) is 0.675. The zero-order chi connectivity index (χ0) is 13.2. The molecule has 2 atom stereocenters. The van der Waals surface area contributed by atoms with E-state index in [2.05, 4.69) is 14.7 Å². The molecule has 7 heteroatoms. The van der Waals surface area contributed by atoms with Crippen molar-refractivity contribution in [3.05, 3.63) is 12.0 Å². The summed E-state index contributed by atoms with van der Waals surface area (Å²) in [7, 11) is -3.56. The SMILES string of the molecule is CCc1ncc(S(=O)(=O)NC2CCCC2CO)[nH]1. The van der Waals surface area contributed by atoms with Crippen LogP contribution in [0.15, 0.2) is 11.2 Å². The zero-order valence-electron chi connectivity index (χ0n) is 10.4. The summed E-state index contributed by atoms with van der Waals surface area (Å²) < 4.78 is 26.9. The van der Waals surface area contributed by atoms with Gasteiger partial charge in [-0.1, -0.05) is 13.3 Å². The predicted molar refractivity (Wildman–Crippen MR) is 66.5 cm³/mol. The molecule has 2 unspecified atom stereocenters. The van der Waals surface area contributed by atoms with Gasteiger partial charge < -0.3 is 10.1 Å². The fourth-order valence-corrected chi connectivity index (χ4v) is 3.61. The van der Waals surface area contributed by atoms with Crippen molar-refractivity contribution in [2.45, 2.75) is 43.7 Å². The van der Waals surface area contributed by atoms with E-state index in [1.165, 1.54) is 6.20 Å². The minimum atomic E-state index is -3.56. The van der Waals surface area contributed by atoms with E-state index in [1.807, 2.05) is 6.92 Å². The maximum absolute atomic E-state index is 12.1. The summed E-state index contributed by atoms with van der Waals surface area (Å²) in [5.41, 5.74) is 0. The van der Waals surface area contributed by atoms with E-state index in [4.69, 9.17) is 0 Å². The molecule has 0 saturated heterocycles. The third-order valence-electron chi connectivity index (χ3n) is 3.43. The second-order valence-corrected chi connectivity index (χ2v) is 6.33. The molecular weight excluding hydrogens is 254 g/mol. The van der Waals surface area contributed by atoms with E-state index in [0.717, 1.165) is 19.3 Å². The number of aliphatic hydroxyl groups excluding tert-OH is 1. The summed E-state index contributed by atoms with van der Waals surface area (Å²) in [6, 6.07) is -0.173. The molecule has 0 aromatic carbocycles. The lowest BCUT2D eigenvalue weighted by Crippen LogP contribution is -2.38. The van der Waals surface area contributed by atoms with Crippen LogP contribution < -0.4 is 4.72 Å². The van der Waals surface area contributed by atoms with Crippen LogP contribution in [0, 0.1) is 5.92 Å². The number of aliphatic hydroxyl groups is 1. The third kappa shape index (κ3) is 2.73. The van der Waals surface area contributed by atoms with Crippen LogP contribution in [0.4, 0.5) is 0 Å². The molecule has 1 aliphatic rings. The van der Waals surface area contributed by atoms with E-state index in [-0.39, 0.29) is 23.6 Å². The van der Waals surface area contributed by atoms with Gasteiger partial charge in [0.25, 0.3) is 10.0 Å². The fourth-order valence-electron chi connectivity index (χ4n) is 2.33. The molecule has 3 N–H and O–H groups in total. The second kappa shape index (κ2) is 5.38. The Morgan fingerprint density at radius 2 is 2.33 bits per heavy atom. The number of hydrogen-bond donors (Lipinski definition) is 3. The first-order chi connectivity index (χ1) is 8.56. The Morgan fingerprint density at radius 3 is 2.94 bits per heavy atom. The largest absolute Gasteiger partial charge is 0.396 e. The number of nitrogens with one attached hydrogen (secondary N) is 2. The second-order valence-electron chi connectivity index (χ2n) is 4.65. The zero-order valence-corrected chi connectivity index (χ0v) is 11.2. The first-order valence-electron chi connectivity index (χ1n) is 6.24. The van der Waals surface area contributed by atoms with E-state index >= 15 is 0 Å². The molecule has 1 heterocycles. The van der Waals surface area contributed by atoms with Crippen molar-refractivity contribution in [1.82, 2.24) is 14.7 Å². The van der Waals surface area contributed by atoms with Crippen LogP contribution >= 0.6 is 0 Å². The molecule has 1 aliphatic carbocycles. The van der Waals surface area contributed by atoms with Gasteiger partial charge in [0.2, 0.25) is 0 Å². The number of aromatic nitrogens is 2. The quantitative estimate of drug-likeness (QED) is 0.724. The first-order valence-corrected chi connectivity index (χ1v) is 7.72. The average molecular weight is 273 g/mol. The summed E-state index contributed by atoms with van der Waals surface area (Å²) in [5, 5.41) is 9.29. The Kier molecular flexibility index (Phi) is 4.04. The van der Waals surface area contributed by atoms with Gasteiger partial charge in [0.15, 0.2) is 5.03 Å². The van der Waals surface area contributed by atoms with Crippen LogP contribution in [0.3, 0.4) is 0 Å². The van der Waals surface area contributed by atoms with Crippen molar-refractivity contribution in [2.24, 2.45) is 5.92 Å². The normalized spacial score (nSPS) is 24.6. The molecule has 0 aliphatic heterocycles. The van der Waals surface area contributed by atoms with Crippen LogP contribution in [0.25, 0.3) is 0 Å². The van der Waals surface area contributed by atoms with Gasteiger partial charge in [-0.2, -0.15) is 0 Å². The standard InChI is InChI=1S/C11H19N3O3S/c1-2-10-12-6-11(13-10)18(16,17)14-9-5-3-4-8(9)7-15/h6,8-9,14-15H,2-5,7H2,1H3,(H,12,13). The van der Waals surface area contributed by atoms with Gasteiger partial charge in [-0.3, -0.25) is 0 Å². The molecule has 1 fully saturated rings. The minimum absolute atomic E-state index is 0.0216. The van der Waals surface area contributed by atoms with Gasteiger partial charge >= 0.3 is 0 Å². The maximum Gasteiger partial charge on any atom is 0.257 e. The highest BCUT2D eigenvalue weighted by atomic mass is 32.2. The van der Waals surface area contributed by atoms with Crippen molar-refractivity contribution >= 4 is 10.0 Å². The van der Waals surface area contributed by atoms with Gasteiger partial charge in [-0.15, -0.1) is 0 Å². The van der Waals surface area contributed by atoms with Crippen molar-refractivity contribution in [3.63, 3.8) is 0 Å². The number of rotatable bonds is 5. The molecule has 0 spiro atoms. The molecule has 102 valence electrons. The highest BCUT2D eigenvalue weighted by Crippen LogP contribution is 2.26. The average Bonchev–Trinajstić information content (AvgIpc) is 2.96. The molecule has 1 saturated carbocycles. The van der Waals surface area contributed by atoms with Gasteiger partial charge in [0.1, 0.15) is 5.82 Å². The number of aromatic amines is 1. The van der Waals surface area contributed by atoms with Crippen molar-refractivity contribution in [1.29, 1.82) is 0 Å². The molecular formula is C11H19N3O3S. The first kappa shape index (κ1) is 13.5. The lowest BCUT2D eigenvalue weighted by Gasteiger charge is -2.18. The van der Waals surface area contributed by atoms with Crippen LogP contribution in [-0.2, 0) is 16.4 Å². The third-order valence-corrected chi connectivity index (χ3v) is 4.83. The Hall–Kier alpha value is -0.920. The topological polar surface area (TPSA) is 95.1 Å². The van der Waals surface area contributed by atoms with Crippen molar-refractivity contribution in [2.75, 3.05) is 6.61 Å². The van der Waals surface area contributed by atoms with Gasteiger partial charge in [-0.05, 0) is 18.8 Å². The highest BCUT2D eigenvalue weighted by molar-refractivity contribution is 7.89. The number of hydrogen-bond acceptors (Lipinski definition) is 4. The summed E-state index contributed by atoms with van der Waals surface area (Å²) in [6.07, 6.45) is 4.59. The Balaban J connectivity index is 2.11. The molecule has 6 nitrogen and oxygen atoms in total. The van der Waals surface area contributed by atoms with Crippen LogP contribution in [0.2, 0.25) is 0 Å².